The molecule has 1 aliphatic rings. The van der Waals surface area contributed by atoms with Gasteiger partial charge in [-0.2, -0.15) is 11.8 Å². The lowest BCUT2D eigenvalue weighted by Gasteiger charge is -2.36. The quantitative estimate of drug-likeness (QED) is 0.668. The lowest BCUT2D eigenvalue weighted by atomic mass is 10.1. The van der Waals surface area contributed by atoms with E-state index in [1.165, 1.54) is 31.7 Å². The third kappa shape index (κ3) is 2.67. The summed E-state index contributed by atoms with van der Waals surface area (Å²) in [7, 11) is 0. The SMILES string of the molecule is CCC(CC)N1CCSC(C)C1. The summed E-state index contributed by atoms with van der Waals surface area (Å²) in [5.41, 5.74) is 0. The van der Waals surface area contributed by atoms with Crippen molar-refractivity contribution in [3.05, 3.63) is 0 Å². The van der Waals surface area contributed by atoms with Crippen LogP contribution in [0.1, 0.15) is 33.6 Å². The molecule has 72 valence electrons. The molecule has 1 saturated heterocycles. The van der Waals surface area contributed by atoms with Gasteiger partial charge < -0.3 is 0 Å². The molecule has 0 bridgehead atoms. The van der Waals surface area contributed by atoms with Crippen LogP contribution in [0.15, 0.2) is 0 Å². The number of nitrogens with zero attached hydrogens (tertiary/aromatic N) is 1. The maximum atomic E-state index is 2.67. The average molecular weight is 187 g/mol. The largest absolute Gasteiger partial charge is 0.299 e. The zero-order valence-electron chi connectivity index (χ0n) is 8.55. The van der Waals surface area contributed by atoms with E-state index in [1.807, 2.05) is 0 Å². The van der Waals surface area contributed by atoms with Crippen molar-refractivity contribution in [1.82, 2.24) is 4.90 Å². The third-order valence-corrected chi connectivity index (χ3v) is 3.87. The summed E-state index contributed by atoms with van der Waals surface area (Å²) in [6.07, 6.45) is 2.63. The third-order valence-electron chi connectivity index (χ3n) is 2.73. The first-order chi connectivity index (χ1) is 5.77. The van der Waals surface area contributed by atoms with Gasteiger partial charge in [0.15, 0.2) is 0 Å². The Hall–Kier alpha value is 0.310. The Labute approximate surface area is 80.9 Å². The maximum absolute atomic E-state index is 2.67. The molecule has 0 saturated carbocycles. The van der Waals surface area contributed by atoms with Gasteiger partial charge in [0, 0.05) is 30.1 Å². The summed E-state index contributed by atoms with van der Waals surface area (Å²) in [5.74, 6) is 1.33. The summed E-state index contributed by atoms with van der Waals surface area (Å²) >= 11 is 2.12. The molecule has 1 nitrogen and oxygen atoms in total. The Balaban J connectivity index is 2.38. The van der Waals surface area contributed by atoms with Gasteiger partial charge in [-0.1, -0.05) is 20.8 Å². The van der Waals surface area contributed by atoms with Gasteiger partial charge >= 0.3 is 0 Å². The van der Waals surface area contributed by atoms with Crippen LogP contribution in [-0.2, 0) is 0 Å². The van der Waals surface area contributed by atoms with Crippen LogP contribution in [0.2, 0.25) is 0 Å². The van der Waals surface area contributed by atoms with E-state index >= 15 is 0 Å². The fraction of sp³-hybridized carbons (Fsp3) is 1.00. The Morgan fingerprint density at radius 1 is 1.42 bits per heavy atom. The van der Waals surface area contributed by atoms with Gasteiger partial charge in [0.1, 0.15) is 0 Å². The highest BCUT2D eigenvalue weighted by molar-refractivity contribution is 7.99. The van der Waals surface area contributed by atoms with Gasteiger partial charge in [-0.3, -0.25) is 4.90 Å². The van der Waals surface area contributed by atoms with Crippen molar-refractivity contribution in [2.24, 2.45) is 0 Å². The molecule has 1 rings (SSSR count). The first-order valence-electron chi connectivity index (χ1n) is 5.13. The van der Waals surface area contributed by atoms with E-state index in [9.17, 15) is 0 Å². The highest BCUT2D eigenvalue weighted by atomic mass is 32.2. The second-order valence-electron chi connectivity index (χ2n) is 3.65. The smallest absolute Gasteiger partial charge is 0.0147 e. The fourth-order valence-electron chi connectivity index (χ4n) is 1.98. The molecule has 0 aromatic heterocycles. The van der Waals surface area contributed by atoms with E-state index in [0.29, 0.717) is 0 Å². The van der Waals surface area contributed by atoms with Crippen LogP contribution >= 0.6 is 11.8 Å². The van der Waals surface area contributed by atoms with E-state index in [0.717, 1.165) is 11.3 Å². The van der Waals surface area contributed by atoms with Crippen LogP contribution in [0, 0.1) is 0 Å². The molecule has 0 spiro atoms. The summed E-state index contributed by atoms with van der Waals surface area (Å²) in [6.45, 7) is 9.57. The maximum Gasteiger partial charge on any atom is 0.0147 e. The van der Waals surface area contributed by atoms with Crippen molar-refractivity contribution in [2.75, 3.05) is 18.8 Å². The molecule has 0 aromatic carbocycles. The molecule has 0 aromatic rings. The Kier molecular flexibility index (Phi) is 4.44. The zero-order valence-corrected chi connectivity index (χ0v) is 9.36. The predicted molar refractivity (Wildman–Crippen MR) is 57.9 cm³/mol. The molecule has 0 amide bonds. The zero-order chi connectivity index (χ0) is 8.97. The van der Waals surface area contributed by atoms with Crippen molar-refractivity contribution in [1.29, 1.82) is 0 Å². The van der Waals surface area contributed by atoms with E-state index in [-0.39, 0.29) is 0 Å². The topological polar surface area (TPSA) is 3.24 Å². The minimum atomic E-state index is 0.841. The molecule has 0 aliphatic carbocycles. The van der Waals surface area contributed by atoms with Gasteiger partial charge in [0.25, 0.3) is 0 Å². The molecule has 1 fully saturated rings. The Morgan fingerprint density at radius 3 is 2.58 bits per heavy atom. The van der Waals surface area contributed by atoms with Crippen LogP contribution in [0.25, 0.3) is 0 Å². The van der Waals surface area contributed by atoms with E-state index < -0.39 is 0 Å². The van der Waals surface area contributed by atoms with Crippen LogP contribution in [-0.4, -0.2) is 35.0 Å². The number of rotatable bonds is 3. The standard InChI is InChI=1S/C10H21NS/c1-4-10(5-2)11-6-7-12-9(3)8-11/h9-10H,4-8H2,1-3H3. The molecule has 1 atom stereocenters. The summed E-state index contributed by atoms with van der Waals surface area (Å²) < 4.78 is 0. The molecule has 0 radical (unpaired) electrons. The second-order valence-corrected chi connectivity index (χ2v) is 5.19. The monoisotopic (exact) mass is 187 g/mol. The van der Waals surface area contributed by atoms with E-state index in [2.05, 4.69) is 37.4 Å². The van der Waals surface area contributed by atoms with Crippen molar-refractivity contribution >= 4 is 11.8 Å². The summed E-state index contributed by atoms with van der Waals surface area (Å²) in [4.78, 5) is 2.67. The van der Waals surface area contributed by atoms with Crippen molar-refractivity contribution in [3.8, 4) is 0 Å². The molecule has 1 aliphatic heterocycles. The van der Waals surface area contributed by atoms with Crippen LogP contribution in [0.3, 0.4) is 0 Å². The minimum Gasteiger partial charge on any atom is -0.299 e. The molecule has 1 unspecified atom stereocenters. The van der Waals surface area contributed by atoms with Crippen molar-refractivity contribution in [2.45, 2.75) is 44.9 Å². The normalized spacial score (nSPS) is 26.5. The highest BCUT2D eigenvalue weighted by Gasteiger charge is 2.21. The molecule has 1 heterocycles. The first-order valence-corrected chi connectivity index (χ1v) is 6.18. The highest BCUT2D eigenvalue weighted by Crippen LogP contribution is 2.21. The summed E-state index contributed by atoms with van der Waals surface area (Å²) in [5, 5.41) is 0.847. The minimum absolute atomic E-state index is 0.841. The predicted octanol–water partition coefficient (Wildman–Crippen LogP) is 2.61. The lowest BCUT2D eigenvalue weighted by Crippen LogP contribution is -2.43. The molecule has 0 N–H and O–H groups in total. The molecular formula is C10H21NS. The number of hydrogen-bond acceptors (Lipinski definition) is 2. The van der Waals surface area contributed by atoms with Crippen molar-refractivity contribution in [3.63, 3.8) is 0 Å². The van der Waals surface area contributed by atoms with Gasteiger partial charge in [0.2, 0.25) is 0 Å². The summed E-state index contributed by atoms with van der Waals surface area (Å²) in [6, 6.07) is 0.841. The average Bonchev–Trinajstić information content (AvgIpc) is 2.07. The lowest BCUT2D eigenvalue weighted by molar-refractivity contribution is 0.194. The molecule has 12 heavy (non-hydrogen) atoms. The van der Waals surface area contributed by atoms with Crippen LogP contribution in [0.4, 0.5) is 0 Å². The van der Waals surface area contributed by atoms with Crippen LogP contribution < -0.4 is 0 Å². The van der Waals surface area contributed by atoms with E-state index in [4.69, 9.17) is 0 Å². The van der Waals surface area contributed by atoms with Crippen molar-refractivity contribution < 1.29 is 0 Å². The number of thioether (sulfide) groups is 1. The molecular weight excluding hydrogens is 166 g/mol. The number of hydrogen-bond donors (Lipinski definition) is 0. The van der Waals surface area contributed by atoms with Gasteiger partial charge in [-0.05, 0) is 12.8 Å². The molecule has 2 heteroatoms. The Bertz CT molecular complexity index is 123. The van der Waals surface area contributed by atoms with Crippen LogP contribution in [0.5, 0.6) is 0 Å². The van der Waals surface area contributed by atoms with Gasteiger partial charge in [0.05, 0.1) is 0 Å². The van der Waals surface area contributed by atoms with Gasteiger partial charge in [-0.15, -0.1) is 0 Å². The van der Waals surface area contributed by atoms with E-state index in [1.54, 1.807) is 0 Å². The first kappa shape index (κ1) is 10.4. The fourth-order valence-corrected chi connectivity index (χ4v) is 3.02. The second kappa shape index (κ2) is 5.13. The van der Waals surface area contributed by atoms with Gasteiger partial charge in [-0.25, -0.2) is 0 Å². The Morgan fingerprint density at radius 2 is 2.08 bits per heavy atom.